The Labute approximate surface area is 181 Å². The van der Waals surface area contributed by atoms with Crippen molar-refractivity contribution < 1.29 is 19.8 Å². The van der Waals surface area contributed by atoms with Gasteiger partial charge in [0.15, 0.2) is 0 Å². The van der Waals surface area contributed by atoms with E-state index in [1.54, 1.807) is 6.92 Å². The summed E-state index contributed by atoms with van der Waals surface area (Å²) in [5.74, 6) is -2.23. The number of hydrogen-bond donors (Lipinski definition) is 3. The zero-order valence-corrected chi connectivity index (χ0v) is 17.3. The van der Waals surface area contributed by atoms with Crippen LogP contribution in [0.15, 0.2) is 67.0 Å². The van der Waals surface area contributed by atoms with Gasteiger partial charge in [0.1, 0.15) is 0 Å². The molecule has 31 heavy (non-hydrogen) atoms. The van der Waals surface area contributed by atoms with Crippen LogP contribution in [0.5, 0.6) is 0 Å². The fraction of sp³-hybridized carbons (Fsp3) is 0.208. The van der Waals surface area contributed by atoms with E-state index in [2.05, 4.69) is 45.5 Å². The number of rotatable bonds is 4. The molecular weight excluding hydrogens is 394 g/mol. The Morgan fingerprint density at radius 1 is 0.903 bits per heavy atom. The van der Waals surface area contributed by atoms with Gasteiger partial charge < -0.3 is 20.4 Å². The average Bonchev–Trinajstić information content (AvgIpc) is 2.81. The van der Waals surface area contributed by atoms with E-state index in [1.165, 1.54) is 28.9 Å². The first kappa shape index (κ1) is 22.0. The molecule has 0 spiro atoms. The minimum absolute atomic E-state index is 0.0111. The fourth-order valence-corrected chi connectivity index (χ4v) is 3.30. The van der Waals surface area contributed by atoms with E-state index < -0.39 is 11.9 Å². The molecule has 0 saturated carbocycles. The molecule has 0 atom stereocenters. The van der Waals surface area contributed by atoms with Crippen LogP contribution < -0.4 is 10.2 Å². The second-order valence-electron chi connectivity index (χ2n) is 7.17. The predicted octanol–water partition coefficient (Wildman–Crippen LogP) is 3.55. The number of nitrogens with one attached hydrogen (secondary N) is 1. The number of benzene rings is 2. The molecule has 160 valence electrons. The molecule has 0 aliphatic carbocycles. The third-order valence-electron chi connectivity index (χ3n) is 5.03. The normalized spacial score (nSPS) is 13.1. The molecule has 7 heteroatoms. The van der Waals surface area contributed by atoms with Crippen molar-refractivity contribution in [3.8, 4) is 11.1 Å². The van der Waals surface area contributed by atoms with Crippen LogP contribution in [-0.4, -0.2) is 53.3 Å². The largest absolute Gasteiger partial charge is 0.478 e. The van der Waals surface area contributed by atoms with Crippen LogP contribution in [0.4, 0.5) is 5.69 Å². The second-order valence-corrected chi connectivity index (χ2v) is 7.17. The van der Waals surface area contributed by atoms with Crippen molar-refractivity contribution in [1.82, 2.24) is 10.3 Å². The Morgan fingerprint density at radius 2 is 1.61 bits per heavy atom. The van der Waals surface area contributed by atoms with E-state index in [4.69, 9.17) is 10.2 Å². The molecule has 1 aromatic heterocycles. The number of aryl methyl sites for hydroxylation is 1. The van der Waals surface area contributed by atoms with Gasteiger partial charge in [-0.05, 0) is 36.2 Å². The highest BCUT2D eigenvalue weighted by atomic mass is 16.4. The van der Waals surface area contributed by atoms with Crippen LogP contribution in [0.2, 0.25) is 0 Å². The van der Waals surface area contributed by atoms with Gasteiger partial charge in [0, 0.05) is 37.9 Å². The van der Waals surface area contributed by atoms with Gasteiger partial charge in [-0.2, -0.15) is 0 Å². The molecule has 4 rings (SSSR count). The molecule has 0 unspecified atom stereocenters. The predicted molar refractivity (Wildman–Crippen MR) is 120 cm³/mol. The molecule has 2 aromatic carbocycles. The summed E-state index contributed by atoms with van der Waals surface area (Å²) in [7, 11) is 0. The van der Waals surface area contributed by atoms with Gasteiger partial charge in [-0.3, -0.25) is 4.98 Å². The highest BCUT2D eigenvalue weighted by Crippen LogP contribution is 2.23. The number of carboxylic acid groups (broad SMARTS) is 2. The lowest BCUT2D eigenvalue weighted by Crippen LogP contribution is -2.43. The molecule has 1 saturated heterocycles. The zero-order valence-electron chi connectivity index (χ0n) is 17.3. The van der Waals surface area contributed by atoms with E-state index in [1.807, 2.05) is 18.5 Å². The number of hydrogen-bond acceptors (Lipinski definition) is 5. The third kappa shape index (κ3) is 5.90. The average molecular weight is 419 g/mol. The van der Waals surface area contributed by atoms with Crippen molar-refractivity contribution in [3.05, 3.63) is 83.7 Å². The molecule has 7 nitrogen and oxygen atoms in total. The highest BCUT2D eigenvalue weighted by Gasteiger charge is 2.12. The second kappa shape index (κ2) is 10.4. The number of aromatic carboxylic acids is 2. The first-order valence-electron chi connectivity index (χ1n) is 9.99. The lowest BCUT2D eigenvalue weighted by molar-refractivity contribution is 0.0695. The Bertz CT molecular complexity index is 1050. The van der Waals surface area contributed by atoms with E-state index in [0.717, 1.165) is 32.2 Å². The van der Waals surface area contributed by atoms with E-state index in [9.17, 15) is 9.59 Å². The van der Waals surface area contributed by atoms with E-state index in [0.29, 0.717) is 5.56 Å². The summed E-state index contributed by atoms with van der Waals surface area (Å²) in [5, 5.41) is 20.6. The zero-order chi connectivity index (χ0) is 22.2. The maximum absolute atomic E-state index is 10.6. The molecule has 3 aromatic rings. The number of carboxylic acids is 2. The summed E-state index contributed by atoms with van der Waals surface area (Å²) < 4.78 is 0. The molecule has 1 aliphatic heterocycles. The lowest BCUT2D eigenvalue weighted by atomic mass is 10.1. The van der Waals surface area contributed by atoms with Gasteiger partial charge in [-0.25, -0.2) is 9.59 Å². The number of piperazine rings is 1. The number of pyridine rings is 1. The number of nitrogens with zero attached hydrogens (tertiary/aromatic N) is 2. The number of carbonyl (C=O) groups is 2. The monoisotopic (exact) mass is 419 g/mol. The van der Waals surface area contributed by atoms with Crippen LogP contribution in [0.25, 0.3) is 11.1 Å². The summed E-state index contributed by atoms with van der Waals surface area (Å²) in [6.07, 6.45) is 3.89. The van der Waals surface area contributed by atoms with Gasteiger partial charge in [-0.1, -0.05) is 36.4 Å². The molecule has 1 fully saturated rings. The maximum Gasteiger partial charge on any atom is 0.335 e. The Morgan fingerprint density at radius 3 is 2.26 bits per heavy atom. The quantitative estimate of drug-likeness (QED) is 0.594. The van der Waals surface area contributed by atoms with Crippen molar-refractivity contribution >= 4 is 17.6 Å². The first-order valence-corrected chi connectivity index (χ1v) is 9.99. The Balaban J connectivity index is 0.000000187. The molecular formula is C24H25N3O4. The summed E-state index contributed by atoms with van der Waals surface area (Å²) in [6.45, 7) is 5.83. The van der Waals surface area contributed by atoms with Crippen molar-refractivity contribution in [2.45, 2.75) is 6.92 Å². The van der Waals surface area contributed by atoms with Crippen LogP contribution in [-0.2, 0) is 0 Å². The molecule has 0 bridgehead atoms. The smallest absolute Gasteiger partial charge is 0.335 e. The number of anilines is 1. The van der Waals surface area contributed by atoms with Crippen LogP contribution in [0.3, 0.4) is 0 Å². The Kier molecular flexibility index (Phi) is 7.35. The minimum atomic E-state index is -1.12. The van der Waals surface area contributed by atoms with Gasteiger partial charge in [0.05, 0.1) is 23.0 Å². The molecule has 1 aliphatic rings. The van der Waals surface area contributed by atoms with Gasteiger partial charge in [0.2, 0.25) is 0 Å². The first-order chi connectivity index (χ1) is 15.0. The van der Waals surface area contributed by atoms with Gasteiger partial charge >= 0.3 is 11.9 Å². The van der Waals surface area contributed by atoms with Gasteiger partial charge in [0.25, 0.3) is 0 Å². The Hall–Kier alpha value is -3.71. The summed E-state index contributed by atoms with van der Waals surface area (Å²) in [4.78, 5) is 27.9. The third-order valence-corrected chi connectivity index (χ3v) is 5.03. The molecule has 2 heterocycles. The van der Waals surface area contributed by atoms with Crippen molar-refractivity contribution in [1.29, 1.82) is 0 Å². The fourth-order valence-electron chi connectivity index (χ4n) is 3.30. The summed E-state index contributed by atoms with van der Waals surface area (Å²) >= 11 is 0. The summed E-state index contributed by atoms with van der Waals surface area (Å²) in [6, 6.07) is 16.7. The van der Waals surface area contributed by atoms with Crippen LogP contribution in [0, 0.1) is 6.92 Å². The standard InChI is InChI=1S/C15H17N3.C9H8O4/c1-2-4-13(5-3-1)14-10-15(12-17-11-14)18-8-6-16-7-9-18;1-5-2-3-6(8(10)11)4-7(5)9(12)13/h1-5,10-12,16H,6-9H2;2-4H,1H3,(H,10,11)(H,12,13). The number of aromatic nitrogens is 1. The van der Waals surface area contributed by atoms with Crippen molar-refractivity contribution in [2.75, 3.05) is 31.1 Å². The molecule has 0 radical (unpaired) electrons. The summed E-state index contributed by atoms with van der Waals surface area (Å²) in [5.41, 5.74) is 4.20. The maximum atomic E-state index is 10.6. The van der Waals surface area contributed by atoms with E-state index in [-0.39, 0.29) is 11.1 Å². The van der Waals surface area contributed by atoms with E-state index >= 15 is 0 Å². The van der Waals surface area contributed by atoms with Crippen LogP contribution >= 0.6 is 0 Å². The highest BCUT2D eigenvalue weighted by molar-refractivity contribution is 5.94. The SMILES string of the molecule is Cc1ccc(C(=O)O)cc1C(=O)O.c1ccc(-c2cncc(N3CCNCC3)c2)cc1. The van der Waals surface area contributed by atoms with Crippen molar-refractivity contribution in [3.63, 3.8) is 0 Å². The molecule has 3 N–H and O–H groups in total. The van der Waals surface area contributed by atoms with Gasteiger partial charge in [-0.15, -0.1) is 0 Å². The minimum Gasteiger partial charge on any atom is -0.478 e. The van der Waals surface area contributed by atoms with Crippen LogP contribution in [0.1, 0.15) is 26.3 Å². The lowest BCUT2D eigenvalue weighted by Gasteiger charge is -2.29. The van der Waals surface area contributed by atoms with Crippen molar-refractivity contribution in [2.24, 2.45) is 0 Å². The topological polar surface area (TPSA) is 103 Å². The molecule has 0 amide bonds.